The van der Waals surface area contributed by atoms with Crippen LogP contribution in [0.4, 0.5) is 0 Å². The summed E-state index contributed by atoms with van der Waals surface area (Å²) < 4.78 is 4.67. The highest BCUT2D eigenvalue weighted by molar-refractivity contribution is 6.13. The van der Waals surface area contributed by atoms with Gasteiger partial charge in [0.1, 0.15) is 0 Å². The van der Waals surface area contributed by atoms with E-state index in [4.69, 9.17) is 0 Å². The number of benzene rings is 2. The molecule has 0 radical (unpaired) electrons. The highest BCUT2D eigenvalue weighted by Crippen LogP contribution is 2.26. The molecule has 0 saturated carbocycles. The minimum atomic E-state index is -0.359. The fourth-order valence-electron chi connectivity index (χ4n) is 2.69. The highest BCUT2D eigenvalue weighted by Gasteiger charge is 2.21. The monoisotopic (exact) mass is 292 g/mol. The summed E-state index contributed by atoms with van der Waals surface area (Å²) in [5.74, 6) is -0.263. The van der Waals surface area contributed by atoms with Crippen molar-refractivity contribution < 1.29 is 14.3 Å². The molecule has 110 valence electrons. The van der Waals surface area contributed by atoms with Crippen molar-refractivity contribution in [3.05, 3.63) is 76.4 Å². The molecule has 22 heavy (non-hydrogen) atoms. The second-order valence-electron chi connectivity index (χ2n) is 5.27. The van der Waals surface area contributed by atoms with E-state index in [1.165, 1.54) is 7.11 Å². The first kappa shape index (κ1) is 14.3. The lowest BCUT2D eigenvalue weighted by Gasteiger charge is -2.17. The maximum Gasteiger partial charge on any atom is 0.337 e. The van der Waals surface area contributed by atoms with E-state index in [0.29, 0.717) is 5.56 Å². The van der Waals surface area contributed by atoms with Gasteiger partial charge in [-0.15, -0.1) is 0 Å². The number of aryl methyl sites for hydroxylation is 1. The molecule has 0 spiro atoms. The number of carbonyl (C=O) groups is 2. The fraction of sp³-hybridized carbons (Fsp3) is 0.158. The van der Waals surface area contributed by atoms with Crippen molar-refractivity contribution in [3.63, 3.8) is 0 Å². The van der Waals surface area contributed by atoms with E-state index in [2.05, 4.69) is 4.74 Å². The van der Waals surface area contributed by atoms with E-state index in [-0.39, 0.29) is 11.8 Å². The van der Waals surface area contributed by atoms with Crippen LogP contribution in [0.15, 0.2) is 54.1 Å². The number of ketones is 1. The SMILES string of the molecule is COC(=O)c1ccc(/C=C2/CCc3ccccc3C2=O)cc1. The zero-order valence-corrected chi connectivity index (χ0v) is 12.3. The first-order valence-electron chi connectivity index (χ1n) is 7.20. The maximum atomic E-state index is 12.5. The molecule has 0 aromatic heterocycles. The van der Waals surface area contributed by atoms with Gasteiger partial charge in [0.15, 0.2) is 5.78 Å². The maximum absolute atomic E-state index is 12.5. The van der Waals surface area contributed by atoms with E-state index < -0.39 is 0 Å². The van der Waals surface area contributed by atoms with Gasteiger partial charge in [0.05, 0.1) is 12.7 Å². The van der Waals surface area contributed by atoms with Crippen molar-refractivity contribution in [1.82, 2.24) is 0 Å². The van der Waals surface area contributed by atoms with Gasteiger partial charge in [0.2, 0.25) is 0 Å². The molecule has 3 rings (SSSR count). The first-order valence-corrected chi connectivity index (χ1v) is 7.20. The zero-order chi connectivity index (χ0) is 15.5. The molecule has 0 amide bonds. The Bertz CT molecular complexity index is 755. The molecule has 1 aliphatic rings. The average molecular weight is 292 g/mol. The largest absolute Gasteiger partial charge is 0.465 e. The van der Waals surface area contributed by atoms with Crippen molar-refractivity contribution in [3.8, 4) is 0 Å². The van der Waals surface area contributed by atoms with E-state index in [0.717, 1.165) is 35.1 Å². The minimum absolute atomic E-state index is 0.0962. The van der Waals surface area contributed by atoms with E-state index in [1.54, 1.807) is 12.1 Å². The van der Waals surface area contributed by atoms with Crippen molar-refractivity contribution >= 4 is 17.8 Å². The standard InChI is InChI=1S/C19H16O3/c1-22-19(21)15-8-6-13(7-9-15)12-16-11-10-14-4-2-3-5-17(14)18(16)20/h2-9,12H,10-11H2,1H3/b16-12-. The van der Waals surface area contributed by atoms with Gasteiger partial charge in [-0.25, -0.2) is 4.79 Å². The number of esters is 1. The summed E-state index contributed by atoms with van der Waals surface area (Å²) in [5, 5.41) is 0. The van der Waals surface area contributed by atoms with Crippen molar-refractivity contribution in [1.29, 1.82) is 0 Å². The van der Waals surface area contributed by atoms with Crippen LogP contribution in [0.3, 0.4) is 0 Å². The number of rotatable bonds is 2. The summed E-state index contributed by atoms with van der Waals surface area (Å²) in [5.41, 5.74) is 4.14. The third-order valence-electron chi connectivity index (χ3n) is 3.89. The molecule has 0 fully saturated rings. The molecule has 0 unspecified atom stereocenters. The fourth-order valence-corrected chi connectivity index (χ4v) is 2.69. The molecule has 0 saturated heterocycles. The van der Waals surface area contributed by atoms with Crippen LogP contribution in [0.5, 0.6) is 0 Å². The molecule has 1 aliphatic carbocycles. The lowest BCUT2D eigenvalue weighted by molar-refractivity contribution is 0.0600. The third kappa shape index (κ3) is 2.70. The van der Waals surface area contributed by atoms with E-state index in [1.807, 2.05) is 42.5 Å². The Morgan fingerprint density at radius 3 is 2.50 bits per heavy atom. The van der Waals surface area contributed by atoms with Gasteiger partial charge in [-0.3, -0.25) is 4.79 Å². The Kier molecular flexibility index (Phi) is 3.88. The van der Waals surface area contributed by atoms with E-state index in [9.17, 15) is 9.59 Å². The number of methoxy groups -OCH3 is 1. The third-order valence-corrected chi connectivity index (χ3v) is 3.89. The number of Topliss-reactive ketones (excluding diaryl/α,β-unsaturated/α-hetero) is 1. The number of fused-ring (bicyclic) bond motifs is 1. The number of carbonyl (C=O) groups excluding carboxylic acids is 2. The van der Waals surface area contributed by atoms with Crippen LogP contribution in [0, 0.1) is 0 Å². The van der Waals surface area contributed by atoms with Gasteiger partial charge < -0.3 is 4.74 Å². The average Bonchev–Trinajstić information content (AvgIpc) is 2.57. The minimum Gasteiger partial charge on any atom is -0.465 e. The van der Waals surface area contributed by atoms with Gasteiger partial charge in [0.25, 0.3) is 0 Å². The van der Waals surface area contributed by atoms with Crippen LogP contribution in [-0.4, -0.2) is 18.9 Å². The van der Waals surface area contributed by atoms with Gasteiger partial charge in [-0.2, -0.15) is 0 Å². The lowest BCUT2D eigenvalue weighted by atomic mass is 9.86. The topological polar surface area (TPSA) is 43.4 Å². The zero-order valence-electron chi connectivity index (χ0n) is 12.3. The molecule has 0 aliphatic heterocycles. The summed E-state index contributed by atoms with van der Waals surface area (Å²) in [4.78, 5) is 23.9. The van der Waals surface area contributed by atoms with Gasteiger partial charge >= 0.3 is 5.97 Å². The predicted octanol–water partition coefficient (Wildman–Crippen LogP) is 3.69. The predicted molar refractivity (Wildman–Crippen MR) is 84.9 cm³/mol. The van der Waals surface area contributed by atoms with E-state index >= 15 is 0 Å². The van der Waals surface area contributed by atoms with Crippen LogP contribution in [0.2, 0.25) is 0 Å². The number of ether oxygens (including phenoxy) is 1. The molecule has 3 nitrogen and oxygen atoms in total. The summed E-state index contributed by atoms with van der Waals surface area (Å²) in [6.07, 6.45) is 3.53. The second-order valence-corrected chi connectivity index (χ2v) is 5.27. The Labute approximate surface area is 129 Å². The molecule has 0 bridgehead atoms. The first-order chi connectivity index (χ1) is 10.7. The van der Waals surface area contributed by atoms with Crippen molar-refractivity contribution in [2.45, 2.75) is 12.8 Å². The van der Waals surface area contributed by atoms with Gasteiger partial charge in [0, 0.05) is 11.1 Å². The lowest BCUT2D eigenvalue weighted by Crippen LogP contribution is -2.13. The molecular formula is C19H16O3. The molecule has 3 heteroatoms. The Balaban J connectivity index is 1.87. The molecule has 0 atom stereocenters. The molecule has 0 heterocycles. The molecule has 2 aromatic rings. The van der Waals surface area contributed by atoms with Crippen molar-refractivity contribution in [2.75, 3.05) is 7.11 Å². The molecular weight excluding hydrogens is 276 g/mol. The summed E-state index contributed by atoms with van der Waals surface area (Å²) in [6, 6.07) is 14.8. The summed E-state index contributed by atoms with van der Waals surface area (Å²) in [7, 11) is 1.36. The Morgan fingerprint density at radius 1 is 1.05 bits per heavy atom. The summed E-state index contributed by atoms with van der Waals surface area (Å²) >= 11 is 0. The van der Waals surface area contributed by atoms with Crippen LogP contribution in [0.1, 0.15) is 38.3 Å². The second kappa shape index (κ2) is 5.98. The Hall–Kier alpha value is -2.68. The van der Waals surface area contributed by atoms with Crippen LogP contribution in [0.25, 0.3) is 6.08 Å². The molecule has 2 aromatic carbocycles. The molecule has 0 N–H and O–H groups in total. The number of allylic oxidation sites excluding steroid dienone is 1. The quantitative estimate of drug-likeness (QED) is 0.626. The van der Waals surface area contributed by atoms with Crippen molar-refractivity contribution in [2.24, 2.45) is 0 Å². The number of hydrogen-bond donors (Lipinski definition) is 0. The van der Waals surface area contributed by atoms with Gasteiger partial charge in [-0.1, -0.05) is 36.4 Å². The van der Waals surface area contributed by atoms with Crippen LogP contribution >= 0.6 is 0 Å². The highest BCUT2D eigenvalue weighted by atomic mass is 16.5. The van der Waals surface area contributed by atoms with Crippen LogP contribution < -0.4 is 0 Å². The van der Waals surface area contributed by atoms with Gasteiger partial charge in [-0.05, 0) is 42.2 Å². The smallest absolute Gasteiger partial charge is 0.337 e. The summed E-state index contributed by atoms with van der Waals surface area (Å²) in [6.45, 7) is 0. The van der Waals surface area contributed by atoms with Crippen LogP contribution in [-0.2, 0) is 11.2 Å². The number of hydrogen-bond acceptors (Lipinski definition) is 3. The Morgan fingerprint density at radius 2 is 1.77 bits per heavy atom. The normalized spacial score (nSPS) is 15.5.